The summed E-state index contributed by atoms with van der Waals surface area (Å²) >= 11 is 0. The van der Waals surface area contributed by atoms with Crippen molar-refractivity contribution in [2.75, 3.05) is 5.32 Å². The van der Waals surface area contributed by atoms with Gasteiger partial charge in [-0.3, -0.25) is 9.59 Å². The number of carbonyl (C=O) groups excluding carboxylic acids is 3. The summed E-state index contributed by atoms with van der Waals surface area (Å²) < 4.78 is 5.47. The van der Waals surface area contributed by atoms with Crippen molar-refractivity contribution in [3.8, 4) is 5.75 Å². The fourth-order valence-electron chi connectivity index (χ4n) is 4.57. The third kappa shape index (κ3) is 8.73. The van der Waals surface area contributed by atoms with E-state index in [1.165, 1.54) is 12.1 Å². The SMILES string of the molecule is CCC(C)(C)N(C(=O)C(CC(C)C)NC(=O)OC(C)(C)C)C(C(=O)Nc1c(C)cccc1C)c1cccc(O)c1. The second kappa shape index (κ2) is 13.2. The quantitative estimate of drug-likeness (QED) is 0.305. The van der Waals surface area contributed by atoms with Crippen molar-refractivity contribution < 1.29 is 24.2 Å². The fraction of sp³-hybridized carbons (Fsp3) is 0.531. The Labute approximate surface area is 239 Å². The van der Waals surface area contributed by atoms with Crippen LogP contribution in [0.15, 0.2) is 42.5 Å². The van der Waals surface area contributed by atoms with Crippen LogP contribution >= 0.6 is 0 Å². The van der Waals surface area contributed by atoms with E-state index in [-0.39, 0.29) is 11.7 Å². The minimum atomic E-state index is -1.09. The fourth-order valence-corrected chi connectivity index (χ4v) is 4.57. The van der Waals surface area contributed by atoms with Crippen molar-refractivity contribution in [2.24, 2.45) is 5.92 Å². The van der Waals surface area contributed by atoms with E-state index in [1.807, 2.05) is 66.7 Å². The Morgan fingerprint density at radius 3 is 2.05 bits per heavy atom. The third-order valence-corrected chi connectivity index (χ3v) is 6.87. The van der Waals surface area contributed by atoms with Gasteiger partial charge in [-0.05, 0) is 96.0 Å². The maximum absolute atomic E-state index is 14.5. The number of alkyl carbamates (subject to hydrolysis) is 1. The highest BCUT2D eigenvalue weighted by molar-refractivity contribution is 6.00. The number of benzene rings is 2. The number of rotatable bonds is 10. The van der Waals surface area contributed by atoms with Crippen molar-refractivity contribution in [3.63, 3.8) is 0 Å². The Hall–Kier alpha value is -3.55. The molecule has 0 aliphatic carbocycles. The maximum Gasteiger partial charge on any atom is 0.408 e. The molecule has 0 spiro atoms. The molecule has 2 aromatic rings. The maximum atomic E-state index is 14.5. The molecule has 0 aliphatic rings. The second-order valence-electron chi connectivity index (χ2n) is 12.5. The van der Waals surface area contributed by atoms with Crippen molar-refractivity contribution in [2.45, 2.75) is 105 Å². The molecule has 0 bridgehead atoms. The Morgan fingerprint density at radius 2 is 1.55 bits per heavy atom. The van der Waals surface area contributed by atoms with Crippen LogP contribution in [0.3, 0.4) is 0 Å². The smallest absolute Gasteiger partial charge is 0.408 e. The Balaban J connectivity index is 2.68. The highest BCUT2D eigenvalue weighted by atomic mass is 16.6. The van der Waals surface area contributed by atoms with Crippen LogP contribution in [0, 0.1) is 19.8 Å². The molecule has 220 valence electrons. The lowest BCUT2D eigenvalue weighted by Crippen LogP contribution is -2.59. The van der Waals surface area contributed by atoms with Gasteiger partial charge in [0.1, 0.15) is 23.4 Å². The Kier molecular flexibility index (Phi) is 10.8. The summed E-state index contributed by atoms with van der Waals surface area (Å²) in [6.07, 6.45) is 0.181. The highest BCUT2D eigenvalue weighted by Crippen LogP contribution is 2.35. The summed E-state index contributed by atoms with van der Waals surface area (Å²) in [5.41, 5.74) is 1.37. The van der Waals surface area contributed by atoms with Gasteiger partial charge >= 0.3 is 6.09 Å². The molecule has 40 heavy (non-hydrogen) atoms. The molecule has 2 aromatic carbocycles. The van der Waals surface area contributed by atoms with Gasteiger partial charge in [-0.1, -0.05) is 51.1 Å². The molecule has 0 saturated heterocycles. The summed E-state index contributed by atoms with van der Waals surface area (Å²) in [4.78, 5) is 43.0. The lowest BCUT2D eigenvalue weighted by atomic mass is 9.90. The van der Waals surface area contributed by atoms with Crippen LogP contribution in [0.2, 0.25) is 0 Å². The first kappa shape index (κ1) is 32.7. The molecular weight excluding hydrogens is 506 g/mol. The molecule has 0 heterocycles. The van der Waals surface area contributed by atoms with Crippen molar-refractivity contribution in [1.82, 2.24) is 10.2 Å². The molecule has 2 rings (SSSR count). The molecule has 0 radical (unpaired) electrons. The van der Waals surface area contributed by atoms with Crippen molar-refractivity contribution >= 4 is 23.6 Å². The van der Waals surface area contributed by atoms with Crippen LogP contribution in [-0.4, -0.2) is 45.1 Å². The average molecular weight is 554 g/mol. The molecule has 0 saturated carbocycles. The van der Waals surface area contributed by atoms with Gasteiger partial charge in [-0.2, -0.15) is 0 Å². The van der Waals surface area contributed by atoms with E-state index < -0.39 is 41.1 Å². The first-order chi connectivity index (χ1) is 18.5. The van der Waals surface area contributed by atoms with Gasteiger partial charge in [0.05, 0.1) is 0 Å². The van der Waals surface area contributed by atoms with Crippen LogP contribution in [-0.2, 0) is 14.3 Å². The normalized spacial score (nSPS) is 13.4. The lowest BCUT2D eigenvalue weighted by Gasteiger charge is -2.45. The van der Waals surface area contributed by atoms with E-state index >= 15 is 0 Å². The van der Waals surface area contributed by atoms with Gasteiger partial charge in [-0.15, -0.1) is 0 Å². The first-order valence-electron chi connectivity index (χ1n) is 14.0. The van der Waals surface area contributed by atoms with E-state index in [9.17, 15) is 19.5 Å². The molecule has 8 nitrogen and oxygen atoms in total. The first-order valence-corrected chi connectivity index (χ1v) is 14.0. The topological polar surface area (TPSA) is 108 Å². The molecule has 0 aromatic heterocycles. The van der Waals surface area contributed by atoms with Crippen LogP contribution in [0.25, 0.3) is 0 Å². The highest BCUT2D eigenvalue weighted by Gasteiger charge is 2.43. The molecule has 3 N–H and O–H groups in total. The Morgan fingerprint density at radius 1 is 0.975 bits per heavy atom. The van der Waals surface area contributed by atoms with E-state index in [0.29, 0.717) is 24.1 Å². The van der Waals surface area contributed by atoms with Gasteiger partial charge in [0, 0.05) is 11.2 Å². The molecule has 2 atom stereocenters. The zero-order valence-corrected chi connectivity index (χ0v) is 25.7. The molecular formula is C32H47N3O5. The minimum Gasteiger partial charge on any atom is -0.508 e. The summed E-state index contributed by atoms with van der Waals surface area (Å²) in [7, 11) is 0. The Bertz CT molecular complexity index is 1180. The lowest BCUT2D eigenvalue weighted by molar-refractivity contribution is -0.148. The summed E-state index contributed by atoms with van der Waals surface area (Å²) in [5, 5.41) is 16.2. The van der Waals surface area contributed by atoms with Crippen LogP contribution < -0.4 is 10.6 Å². The summed E-state index contributed by atoms with van der Waals surface area (Å²) in [5.74, 6) is -0.775. The zero-order chi connectivity index (χ0) is 30.4. The number of nitrogens with one attached hydrogen (secondary N) is 2. The number of phenols is 1. The number of hydrogen-bond donors (Lipinski definition) is 3. The molecule has 8 heteroatoms. The molecule has 2 unspecified atom stereocenters. The number of aromatic hydroxyl groups is 1. The second-order valence-corrected chi connectivity index (χ2v) is 12.5. The predicted molar refractivity (Wildman–Crippen MR) is 159 cm³/mol. The van der Waals surface area contributed by atoms with Crippen LogP contribution in [0.1, 0.15) is 91.0 Å². The van der Waals surface area contributed by atoms with Crippen molar-refractivity contribution in [1.29, 1.82) is 0 Å². The monoisotopic (exact) mass is 553 g/mol. The van der Waals surface area contributed by atoms with Crippen molar-refractivity contribution in [3.05, 3.63) is 59.2 Å². The molecule has 3 amide bonds. The van der Waals surface area contributed by atoms with Crippen LogP contribution in [0.5, 0.6) is 5.75 Å². The predicted octanol–water partition coefficient (Wildman–Crippen LogP) is 6.65. The van der Waals surface area contributed by atoms with Crippen LogP contribution in [0.4, 0.5) is 10.5 Å². The number of carbonyl (C=O) groups is 3. The van der Waals surface area contributed by atoms with E-state index in [1.54, 1.807) is 37.8 Å². The number of amides is 3. The van der Waals surface area contributed by atoms with Gasteiger partial charge in [0.25, 0.3) is 5.91 Å². The van der Waals surface area contributed by atoms with Gasteiger partial charge < -0.3 is 25.4 Å². The minimum absolute atomic E-state index is 0.0188. The molecule has 0 aliphatic heterocycles. The zero-order valence-electron chi connectivity index (χ0n) is 25.7. The summed E-state index contributed by atoms with van der Waals surface area (Å²) in [6.45, 7) is 18.8. The van der Waals surface area contributed by atoms with Gasteiger partial charge in [0.15, 0.2) is 0 Å². The number of aryl methyl sites for hydroxylation is 2. The number of para-hydroxylation sites is 1. The number of phenolic OH excluding ortho intramolecular Hbond substituents is 1. The number of nitrogens with zero attached hydrogens (tertiary/aromatic N) is 1. The van der Waals surface area contributed by atoms with E-state index in [0.717, 1.165) is 11.1 Å². The van der Waals surface area contributed by atoms with E-state index in [2.05, 4.69) is 10.6 Å². The number of anilines is 1. The standard InChI is InChI=1S/C32H47N3O5/c1-11-32(9,10)35(29(38)25(18-20(2)3)33-30(39)40-31(6,7)8)27(23-16-13-17-24(36)19-23)28(37)34-26-21(4)14-12-15-22(26)5/h12-17,19-20,25,27,36H,11,18H2,1-10H3,(H,33,39)(H,34,37). The van der Waals surface area contributed by atoms with Gasteiger partial charge in [-0.25, -0.2) is 4.79 Å². The van der Waals surface area contributed by atoms with Gasteiger partial charge in [0.2, 0.25) is 5.91 Å². The average Bonchev–Trinajstić information content (AvgIpc) is 2.82. The largest absolute Gasteiger partial charge is 0.508 e. The molecule has 0 fully saturated rings. The third-order valence-electron chi connectivity index (χ3n) is 6.87. The number of hydrogen-bond acceptors (Lipinski definition) is 5. The number of ether oxygens (including phenoxy) is 1. The summed E-state index contributed by atoms with van der Waals surface area (Å²) in [6, 6.07) is 10.1. The van der Waals surface area contributed by atoms with E-state index in [4.69, 9.17) is 4.74 Å².